The van der Waals surface area contributed by atoms with Crippen molar-refractivity contribution in [1.29, 1.82) is 0 Å². The summed E-state index contributed by atoms with van der Waals surface area (Å²) in [5, 5.41) is 11.8. The first-order valence-electron chi connectivity index (χ1n) is 17.8. The van der Waals surface area contributed by atoms with Gasteiger partial charge in [-0.25, -0.2) is 23.4 Å². The molecule has 2 atom stereocenters. The number of Topliss-reactive ketones (excluding diaryl/α,β-unsaturated/α-hetero) is 1. The van der Waals surface area contributed by atoms with Gasteiger partial charge >= 0.3 is 12.2 Å². The van der Waals surface area contributed by atoms with Crippen molar-refractivity contribution < 1.29 is 41.7 Å². The Bertz CT molecular complexity index is 2210. The molecule has 308 valence electrons. The third-order valence-electron chi connectivity index (χ3n) is 8.39. The summed E-state index contributed by atoms with van der Waals surface area (Å²) in [6.45, 7) is 12.4. The van der Waals surface area contributed by atoms with E-state index in [1.165, 1.54) is 41.7 Å². The van der Waals surface area contributed by atoms with Crippen LogP contribution in [-0.4, -0.2) is 83.7 Å². The molecule has 0 bridgehead atoms. The molecule has 5 aromatic rings. The van der Waals surface area contributed by atoms with E-state index in [2.05, 4.69) is 31.2 Å². The van der Waals surface area contributed by atoms with Crippen LogP contribution in [0.15, 0.2) is 50.8 Å². The van der Waals surface area contributed by atoms with Crippen LogP contribution in [0.1, 0.15) is 96.2 Å². The molecule has 2 N–H and O–H groups in total. The predicted octanol–water partition coefficient (Wildman–Crippen LogP) is 10.0. The number of hydrogen-bond donors (Lipinski definition) is 1. The van der Waals surface area contributed by atoms with Crippen LogP contribution in [0.5, 0.6) is 0 Å². The molecule has 2 fully saturated rings. The summed E-state index contributed by atoms with van der Waals surface area (Å²) < 4.78 is 46.9. The van der Waals surface area contributed by atoms with Gasteiger partial charge in [0, 0.05) is 30.6 Å². The second-order valence-electron chi connectivity index (χ2n) is 15.0. The van der Waals surface area contributed by atoms with Crippen molar-refractivity contribution in [1.82, 2.24) is 25.1 Å². The number of carbonyl (C=O) groups is 3. The number of rotatable bonds is 5. The van der Waals surface area contributed by atoms with Crippen molar-refractivity contribution in [2.75, 3.05) is 18.4 Å². The van der Waals surface area contributed by atoms with E-state index < -0.39 is 17.0 Å². The van der Waals surface area contributed by atoms with Crippen LogP contribution >= 0.6 is 39.5 Å². The van der Waals surface area contributed by atoms with Gasteiger partial charge in [0.05, 0.1) is 33.2 Å². The maximum Gasteiger partial charge on any atom is 0.410 e. The van der Waals surface area contributed by atoms with E-state index >= 15 is 0 Å². The Morgan fingerprint density at radius 2 is 1.44 bits per heavy atom. The molecule has 0 aliphatic carbocycles. The van der Waals surface area contributed by atoms with Crippen molar-refractivity contribution in [3.63, 3.8) is 0 Å². The topological polar surface area (TPSA) is 167 Å². The number of benzene rings is 2. The Morgan fingerprint density at radius 3 is 2.04 bits per heavy atom. The molecule has 2 aliphatic rings. The van der Waals surface area contributed by atoms with Crippen LogP contribution in [0.3, 0.4) is 0 Å². The van der Waals surface area contributed by atoms with Crippen LogP contribution in [0.2, 0.25) is 0 Å². The number of ether oxygens (including phenoxy) is 2. The highest BCUT2D eigenvalue weighted by molar-refractivity contribution is 9.09. The highest BCUT2D eigenvalue weighted by atomic mass is 79.9. The lowest BCUT2D eigenvalue weighted by Crippen LogP contribution is -2.45. The third-order valence-corrected chi connectivity index (χ3v) is 10.1. The molecule has 0 spiro atoms. The SMILES string of the molecule is C.CC(C)(C)OC(=O)N1CCC[C@H]1C(N)=S.CC(C)(C)OC(=O)N1CCC[C@H]1c1nc(-c2noc3cc(F)ccc23)cs1.O=C(CBr)c1noc2cc(F)ccc12. The van der Waals surface area contributed by atoms with Gasteiger partial charge in [-0.05, 0) is 91.5 Å². The lowest BCUT2D eigenvalue weighted by Gasteiger charge is -2.27. The first-order valence-corrected chi connectivity index (χ1v) is 20.2. The van der Waals surface area contributed by atoms with Gasteiger partial charge in [-0.15, -0.1) is 11.3 Å². The molecular weight excluding hydrogens is 846 g/mol. The van der Waals surface area contributed by atoms with Gasteiger partial charge in [-0.3, -0.25) is 14.6 Å². The summed E-state index contributed by atoms with van der Waals surface area (Å²) in [5.41, 5.74) is 6.71. The van der Waals surface area contributed by atoms with Crippen LogP contribution in [0.4, 0.5) is 18.4 Å². The van der Waals surface area contributed by atoms with E-state index in [1.807, 2.05) is 46.9 Å². The van der Waals surface area contributed by atoms with Gasteiger partial charge in [0.1, 0.15) is 39.2 Å². The molecule has 0 radical (unpaired) electrons. The van der Waals surface area contributed by atoms with Crippen molar-refractivity contribution in [2.45, 2.75) is 97.9 Å². The molecule has 18 heteroatoms. The van der Waals surface area contributed by atoms with Crippen LogP contribution in [0, 0.1) is 11.6 Å². The fourth-order valence-electron chi connectivity index (χ4n) is 5.99. The maximum absolute atomic E-state index is 13.3. The summed E-state index contributed by atoms with van der Waals surface area (Å²) >= 11 is 9.43. The molecule has 7 rings (SSSR count). The molecule has 0 unspecified atom stereocenters. The summed E-state index contributed by atoms with van der Waals surface area (Å²) in [6.07, 6.45) is 2.89. The number of alkyl halides is 1. The normalized spacial score (nSPS) is 16.6. The summed E-state index contributed by atoms with van der Waals surface area (Å²) in [4.78, 5) is 44.0. The largest absolute Gasteiger partial charge is 0.444 e. The molecule has 0 saturated carbocycles. The number of likely N-dealkylation sites (tertiary alicyclic amines) is 2. The minimum Gasteiger partial charge on any atom is -0.444 e. The Morgan fingerprint density at radius 1 is 0.895 bits per heavy atom. The number of nitrogens with two attached hydrogens (primary N) is 1. The van der Waals surface area contributed by atoms with E-state index in [4.69, 9.17) is 36.5 Å². The van der Waals surface area contributed by atoms with Gasteiger partial charge < -0.3 is 24.3 Å². The molecule has 5 heterocycles. The average molecular weight is 894 g/mol. The number of thiocarbonyl (C=S) groups is 1. The summed E-state index contributed by atoms with van der Waals surface area (Å²) in [5.74, 6) is -0.968. The first kappa shape index (κ1) is 45.2. The fourth-order valence-corrected chi connectivity index (χ4v) is 7.45. The maximum atomic E-state index is 13.3. The highest BCUT2D eigenvalue weighted by Crippen LogP contribution is 2.37. The Kier molecular flexibility index (Phi) is 14.9. The lowest BCUT2D eigenvalue weighted by atomic mass is 10.2. The summed E-state index contributed by atoms with van der Waals surface area (Å²) in [6, 6.07) is 8.04. The average Bonchev–Trinajstić information content (AvgIpc) is 3.95. The van der Waals surface area contributed by atoms with Gasteiger partial charge in [-0.1, -0.05) is 45.9 Å². The quantitative estimate of drug-likeness (QED) is 0.101. The molecular formula is C39H47BrF2N6O7S2. The zero-order valence-corrected chi connectivity index (χ0v) is 35.0. The molecule has 57 heavy (non-hydrogen) atoms. The van der Waals surface area contributed by atoms with E-state index in [9.17, 15) is 23.2 Å². The number of amides is 2. The van der Waals surface area contributed by atoms with Crippen molar-refractivity contribution in [3.05, 3.63) is 64.1 Å². The van der Waals surface area contributed by atoms with E-state index in [-0.39, 0.29) is 59.9 Å². The van der Waals surface area contributed by atoms with Crippen molar-refractivity contribution >= 4 is 84.4 Å². The number of aromatic nitrogens is 3. The molecule has 2 aromatic carbocycles. The number of fused-ring (bicyclic) bond motifs is 2. The standard InChI is InChI=1S/C19H20FN3O3S.C10H18N2O2S.C9H5BrFNO2.CH4/c1-19(2,3)25-18(24)23-8-4-5-14(23)17-21-13(10-27-17)16-12-7-6-11(20)9-15(12)26-22-16;1-10(2,3)14-9(13)12-6-4-5-7(12)8(11)15;10-4-7(13)9-6-2-1-5(11)3-8(6)14-12-9;/h6-7,9-10,14H,4-5,8H2,1-3H3;7H,4-6H2,1-3H3,(H2,11,15);1-3H,4H2;1H4/t14-;7-;;/m00../s1. The number of hydrogen-bond acceptors (Lipinski definition) is 12. The molecule has 2 aliphatic heterocycles. The predicted molar refractivity (Wildman–Crippen MR) is 222 cm³/mol. The van der Waals surface area contributed by atoms with Gasteiger partial charge in [0.15, 0.2) is 22.6 Å². The van der Waals surface area contributed by atoms with Crippen LogP contribution in [0.25, 0.3) is 33.3 Å². The summed E-state index contributed by atoms with van der Waals surface area (Å²) in [7, 11) is 0. The second-order valence-corrected chi connectivity index (χ2v) is 17.0. The highest BCUT2D eigenvalue weighted by Gasteiger charge is 2.36. The lowest BCUT2D eigenvalue weighted by molar-refractivity contribution is 0.0221. The van der Waals surface area contributed by atoms with E-state index in [1.54, 1.807) is 15.9 Å². The number of ketones is 1. The Labute approximate surface area is 347 Å². The molecule has 2 amide bonds. The van der Waals surface area contributed by atoms with Crippen molar-refractivity contribution in [2.24, 2.45) is 5.73 Å². The Balaban J connectivity index is 0.000000205. The minimum atomic E-state index is -0.535. The van der Waals surface area contributed by atoms with E-state index in [0.29, 0.717) is 45.8 Å². The zero-order valence-electron chi connectivity index (χ0n) is 31.8. The van der Waals surface area contributed by atoms with Gasteiger partial charge in [0.2, 0.25) is 0 Å². The van der Waals surface area contributed by atoms with Crippen LogP contribution < -0.4 is 5.73 Å². The number of halogens is 3. The fraction of sp³-hybridized carbons (Fsp3) is 0.462. The van der Waals surface area contributed by atoms with Gasteiger partial charge in [0.25, 0.3) is 0 Å². The monoisotopic (exact) mass is 892 g/mol. The molecule has 3 aromatic heterocycles. The molecule has 2 saturated heterocycles. The van der Waals surface area contributed by atoms with Gasteiger partial charge in [-0.2, -0.15) is 0 Å². The number of carbonyl (C=O) groups excluding carboxylic acids is 3. The van der Waals surface area contributed by atoms with Crippen molar-refractivity contribution in [3.8, 4) is 11.4 Å². The number of thiazole rings is 1. The molecule has 13 nitrogen and oxygen atoms in total. The van der Waals surface area contributed by atoms with E-state index in [0.717, 1.165) is 30.7 Å². The first-order chi connectivity index (χ1) is 26.3. The second kappa shape index (κ2) is 18.8. The third kappa shape index (κ3) is 11.5. The Hall–Kier alpha value is -4.55. The van der Waals surface area contributed by atoms with Crippen LogP contribution in [-0.2, 0) is 9.47 Å². The number of nitrogens with zero attached hydrogens (tertiary/aromatic N) is 5. The minimum absolute atomic E-state index is 0. The zero-order chi connectivity index (χ0) is 40.9. The smallest absolute Gasteiger partial charge is 0.410 e.